The van der Waals surface area contributed by atoms with Crippen molar-refractivity contribution in [1.29, 1.82) is 0 Å². The van der Waals surface area contributed by atoms with Gasteiger partial charge in [-0.25, -0.2) is 4.79 Å². The van der Waals surface area contributed by atoms with E-state index in [4.69, 9.17) is 9.47 Å². The van der Waals surface area contributed by atoms with Crippen molar-refractivity contribution < 1.29 is 19.4 Å². The molecule has 2 aliphatic heterocycles. The number of hydrogen-bond acceptors (Lipinski definition) is 4. The third-order valence-electron chi connectivity index (χ3n) is 4.85. The number of para-hydroxylation sites is 1. The zero-order valence-electron chi connectivity index (χ0n) is 15.4. The van der Waals surface area contributed by atoms with Gasteiger partial charge in [-0.05, 0) is 31.2 Å². The van der Waals surface area contributed by atoms with Crippen LogP contribution in [-0.2, 0) is 10.3 Å². The van der Waals surface area contributed by atoms with Gasteiger partial charge >= 0.3 is 5.97 Å². The van der Waals surface area contributed by atoms with E-state index in [0.717, 1.165) is 16.7 Å². The van der Waals surface area contributed by atoms with E-state index in [0.29, 0.717) is 22.6 Å². The first-order chi connectivity index (χ1) is 13.1. The van der Waals surface area contributed by atoms with Crippen LogP contribution in [0.2, 0.25) is 0 Å². The molecule has 1 N–H and O–H groups in total. The summed E-state index contributed by atoms with van der Waals surface area (Å²) in [6.45, 7) is 5.95. The maximum atomic E-state index is 12.7. The minimum absolute atomic E-state index is 0.0988. The molecule has 3 aromatic carbocycles. The van der Waals surface area contributed by atoms with Crippen LogP contribution >= 0.6 is 0 Å². The van der Waals surface area contributed by atoms with Gasteiger partial charge in [0.2, 0.25) is 0 Å². The van der Waals surface area contributed by atoms with Crippen LogP contribution < -0.4 is 4.74 Å². The van der Waals surface area contributed by atoms with Crippen LogP contribution in [0, 0.1) is 6.92 Å². The Morgan fingerprint density at radius 3 is 2.37 bits per heavy atom. The Labute approximate surface area is 158 Å². The fraction of sp³-hybridized carbons (Fsp3) is 0.174. The molecule has 4 heteroatoms. The number of esters is 1. The quantitative estimate of drug-likeness (QED) is 0.553. The van der Waals surface area contributed by atoms with Gasteiger partial charge in [-0.3, -0.25) is 0 Å². The maximum absolute atomic E-state index is 12.7. The first kappa shape index (κ1) is 17.2. The molecule has 0 saturated carbocycles. The first-order valence-corrected chi connectivity index (χ1v) is 9.05. The number of fused-ring (bicyclic) bond motifs is 6. The number of carbonyl (C=O) groups is 1. The van der Waals surface area contributed by atoms with Crippen LogP contribution in [0.1, 0.15) is 46.5 Å². The van der Waals surface area contributed by atoms with E-state index in [1.54, 1.807) is 18.2 Å². The fourth-order valence-electron chi connectivity index (χ4n) is 3.78. The van der Waals surface area contributed by atoms with E-state index in [2.05, 4.69) is 0 Å². The lowest BCUT2D eigenvalue weighted by atomic mass is 9.77. The van der Waals surface area contributed by atoms with Gasteiger partial charge in [-0.15, -0.1) is 0 Å². The minimum atomic E-state index is -1.06. The normalized spacial score (nSPS) is 18.4. The lowest BCUT2D eigenvalue weighted by molar-refractivity contribution is 0.0224. The summed E-state index contributed by atoms with van der Waals surface area (Å²) < 4.78 is 12.0. The highest BCUT2D eigenvalue weighted by atomic mass is 16.6. The number of phenols is 1. The molecule has 0 bridgehead atoms. The van der Waals surface area contributed by atoms with Gasteiger partial charge in [0.25, 0.3) is 0 Å². The summed E-state index contributed by atoms with van der Waals surface area (Å²) in [4.78, 5) is 12.7. The molecule has 136 valence electrons. The Hall–Kier alpha value is -3.27. The summed E-state index contributed by atoms with van der Waals surface area (Å²) in [7, 11) is 0. The van der Waals surface area contributed by atoms with Crippen LogP contribution in [0.25, 0.3) is 0 Å². The lowest BCUT2D eigenvalue weighted by Crippen LogP contribution is -2.32. The molecule has 0 aromatic heterocycles. The predicted molar refractivity (Wildman–Crippen MR) is 102 cm³/mol. The summed E-state index contributed by atoms with van der Waals surface area (Å²) >= 11 is 0. The van der Waals surface area contributed by atoms with Crippen LogP contribution in [0.5, 0.6) is 17.2 Å². The van der Waals surface area contributed by atoms with Crippen molar-refractivity contribution in [1.82, 2.24) is 0 Å². The van der Waals surface area contributed by atoms with Crippen molar-refractivity contribution in [3.8, 4) is 17.2 Å². The second-order valence-corrected chi connectivity index (χ2v) is 6.40. The van der Waals surface area contributed by atoms with Gasteiger partial charge in [0, 0.05) is 22.8 Å². The van der Waals surface area contributed by atoms with Crippen LogP contribution in [-0.4, -0.2) is 11.1 Å². The molecular weight excluding hydrogens is 340 g/mol. The van der Waals surface area contributed by atoms with Gasteiger partial charge < -0.3 is 14.6 Å². The molecule has 1 atom stereocenters. The smallest absolute Gasteiger partial charge is 0.340 e. The molecule has 2 aliphatic rings. The first-order valence-electron chi connectivity index (χ1n) is 9.05. The Kier molecular flexibility index (Phi) is 3.92. The third-order valence-corrected chi connectivity index (χ3v) is 4.85. The number of carbonyl (C=O) groups excluding carboxylic acids is 1. The van der Waals surface area contributed by atoms with Crippen LogP contribution in [0.4, 0.5) is 0 Å². The van der Waals surface area contributed by atoms with Gasteiger partial charge in [-0.2, -0.15) is 0 Å². The van der Waals surface area contributed by atoms with Gasteiger partial charge in [0.05, 0.1) is 5.56 Å². The molecule has 0 aliphatic carbocycles. The molecule has 0 amide bonds. The number of phenolic OH excluding ortho intramolecular Hbond substituents is 1. The lowest BCUT2D eigenvalue weighted by Gasteiger charge is -2.36. The summed E-state index contributed by atoms with van der Waals surface area (Å²) in [5, 5.41) is 9.86. The molecule has 3 aromatic rings. The third kappa shape index (κ3) is 2.33. The van der Waals surface area contributed by atoms with Crippen molar-refractivity contribution in [2.45, 2.75) is 26.4 Å². The molecule has 4 nitrogen and oxygen atoms in total. The van der Waals surface area contributed by atoms with Crippen molar-refractivity contribution in [2.75, 3.05) is 0 Å². The van der Waals surface area contributed by atoms with Gasteiger partial charge in [-0.1, -0.05) is 49.7 Å². The van der Waals surface area contributed by atoms with E-state index >= 15 is 0 Å². The standard InChI is InChI=1S/C21H14O4.C2H6/c1-12-6-8-15-14(10-12)20(23)25-21(15)16-4-2-3-5-18(16)24-19-11-13(22)7-9-17(19)21;1-2/h2-11,22H,1H3;1-2H3. The molecule has 0 fully saturated rings. The Morgan fingerprint density at radius 1 is 0.852 bits per heavy atom. The van der Waals surface area contributed by atoms with E-state index in [9.17, 15) is 9.90 Å². The Balaban J connectivity index is 0.000000872. The number of aryl methyl sites for hydroxylation is 1. The molecule has 2 heterocycles. The number of ether oxygens (including phenoxy) is 2. The van der Waals surface area contributed by atoms with Crippen molar-refractivity contribution in [3.63, 3.8) is 0 Å². The molecule has 0 saturated heterocycles. The molecule has 1 unspecified atom stereocenters. The molecule has 27 heavy (non-hydrogen) atoms. The van der Waals surface area contributed by atoms with E-state index in [-0.39, 0.29) is 11.7 Å². The minimum Gasteiger partial charge on any atom is -0.508 e. The Morgan fingerprint density at radius 2 is 1.56 bits per heavy atom. The summed E-state index contributed by atoms with van der Waals surface area (Å²) in [6, 6.07) is 18.2. The van der Waals surface area contributed by atoms with Gasteiger partial charge in [0.15, 0.2) is 5.60 Å². The van der Waals surface area contributed by atoms with Gasteiger partial charge in [0.1, 0.15) is 17.2 Å². The average molecular weight is 360 g/mol. The highest BCUT2D eigenvalue weighted by molar-refractivity contribution is 5.97. The molecule has 0 radical (unpaired) electrons. The molecular formula is C23H20O4. The number of aromatic hydroxyl groups is 1. The van der Waals surface area contributed by atoms with Crippen molar-refractivity contribution >= 4 is 5.97 Å². The maximum Gasteiger partial charge on any atom is 0.340 e. The topological polar surface area (TPSA) is 55.8 Å². The van der Waals surface area contributed by atoms with E-state index in [1.165, 1.54) is 0 Å². The highest BCUT2D eigenvalue weighted by Gasteiger charge is 2.53. The second kappa shape index (κ2) is 6.16. The molecule has 5 rings (SSSR count). The zero-order valence-corrected chi connectivity index (χ0v) is 15.4. The monoisotopic (exact) mass is 360 g/mol. The number of hydrogen-bond donors (Lipinski definition) is 1. The van der Waals surface area contributed by atoms with Crippen molar-refractivity contribution in [3.05, 3.63) is 88.5 Å². The number of rotatable bonds is 0. The second-order valence-electron chi connectivity index (χ2n) is 6.40. The summed E-state index contributed by atoms with van der Waals surface area (Å²) in [6.07, 6.45) is 0. The predicted octanol–water partition coefficient (Wildman–Crippen LogP) is 5.29. The summed E-state index contributed by atoms with van der Waals surface area (Å²) in [5.74, 6) is 0.845. The largest absolute Gasteiger partial charge is 0.508 e. The number of benzene rings is 3. The van der Waals surface area contributed by atoms with Crippen LogP contribution in [0.3, 0.4) is 0 Å². The zero-order chi connectivity index (χ0) is 19.2. The fourth-order valence-corrected chi connectivity index (χ4v) is 3.78. The van der Waals surface area contributed by atoms with E-state index in [1.807, 2.05) is 63.2 Å². The SMILES string of the molecule is CC.Cc1ccc2c(c1)C(=O)OC21c2ccccc2Oc2cc(O)ccc21. The average Bonchev–Trinajstić information content (AvgIpc) is 2.96. The van der Waals surface area contributed by atoms with E-state index < -0.39 is 5.60 Å². The summed E-state index contributed by atoms with van der Waals surface area (Å²) in [5.41, 5.74) is 2.79. The van der Waals surface area contributed by atoms with Crippen LogP contribution in [0.15, 0.2) is 60.7 Å². The van der Waals surface area contributed by atoms with Crippen molar-refractivity contribution in [2.24, 2.45) is 0 Å². The molecule has 1 spiro atoms. The highest BCUT2D eigenvalue weighted by Crippen LogP contribution is 2.56. The Bertz CT molecular complexity index is 1050.